The molecule has 0 aliphatic carbocycles. The van der Waals surface area contributed by atoms with Crippen LogP contribution in [0.15, 0.2) is 47.2 Å². The molecule has 3 aromatic rings. The number of hydrogen-bond acceptors (Lipinski definition) is 4. The first-order valence-corrected chi connectivity index (χ1v) is 8.03. The van der Waals surface area contributed by atoms with Gasteiger partial charge in [-0.3, -0.25) is 9.78 Å². The molecule has 1 aromatic carbocycles. The second-order valence-electron chi connectivity index (χ2n) is 5.96. The first kappa shape index (κ1) is 14.8. The lowest BCUT2D eigenvalue weighted by Crippen LogP contribution is -2.31. The number of furan rings is 1. The highest BCUT2D eigenvalue weighted by molar-refractivity contribution is 6.03. The van der Waals surface area contributed by atoms with Gasteiger partial charge in [0.25, 0.3) is 5.91 Å². The Balaban J connectivity index is 1.66. The molecule has 1 aliphatic rings. The number of amides is 1. The van der Waals surface area contributed by atoms with Crippen molar-refractivity contribution in [1.29, 1.82) is 0 Å². The highest BCUT2D eigenvalue weighted by atomic mass is 16.5. The average molecular weight is 322 g/mol. The van der Waals surface area contributed by atoms with E-state index in [0.717, 1.165) is 24.0 Å². The monoisotopic (exact) mass is 322 g/mol. The molecule has 0 unspecified atom stereocenters. The smallest absolute Gasteiger partial charge is 0.273 e. The quantitative estimate of drug-likeness (QED) is 0.725. The molecule has 0 bridgehead atoms. The van der Waals surface area contributed by atoms with Gasteiger partial charge in [0.15, 0.2) is 0 Å². The Kier molecular flexibility index (Phi) is 3.69. The van der Waals surface area contributed by atoms with Crippen molar-refractivity contribution in [2.75, 3.05) is 13.7 Å². The zero-order chi connectivity index (χ0) is 16.5. The topological polar surface area (TPSA) is 55.6 Å². The Morgan fingerprint density at radius 1 is 1.25 bits per heavy atom. The van der Waals surface area contributed by atoms with Crippen molar-refractivity contribution in [1.82, 2.24) is 9.88 Å². The molecule has 2 aromatic heterocycles. The van der Waals surface area contributed by atoms with E-state index in [9.17, 15) is 4.79 Å². The van der Waals surface area contributed by atoms with Crippen LogP contribution in [0.1, 0.15) is 28.0 Å². The van der Waals surface area contributed by atoms with Gasteiger partial charge in [-0.2, -0.15) is 0 Å². The predicted molar refractivity (Wildman–Crippen MR) is 90.1 cm³/mol. The lowest BCUT2D eigenvalue weighted by atomic mass is 10.0. The highest BCUT2D eigenvalue weighted by Crippen LogP contribution is 2.25. The van der Waals surface area contributed by atoms with Gasteiger partial charge in [-0.1, -0.05) is 6.07 Å². The maximum absolute atomic E-state index is 13.0. The molecule has 0 fully saturated rings. The van der Waals surface area contributed by atoms with Gasteiger partial charge in [-0.25, -0.2) is 0 Å². The molecule has 0 radical (unpaired) electrons. The first-order valence-electron chi connectivity index (χ1n) is 8.03. The number of aromatic nitrogens is 1. The number of carbonyl (C=O) groups excluding carboxylic acids is 1. The van der Waals surface area contributed by atoms with Gasteiger partial charge in [0.1, 0.15) is 17.0 Å². The van der Waals surface area contributed by atoms with E-state index < -0.39 is 0 Å². The van der Waals surface area contributed by atoms with Crippen LogP contribution in [0.4, 0.5) is 0 Å². The van der Waals surface area contributed by atoms with Crippen molar-refractivity contribution in [3.63, 3.8) is 0 Å². The lowest BCUT2D eigenvalue weighted by molar-refractivity contribution is 0.0742. The number of carbonyl (C=O) groups is 1. The summed E-state index contributed by atoms with van der Waals surface area (Å²) in [6, 6.07) is 9.63. The standard InChI is InChI=1S/C19H18N2O3/c1-23-15-5-4-14-12-21(9-2-3-13(14)11-15)19(22)18-16-7-10-24-17(16)6-8-20-18/h4-8,10-11H,2-3,9,12H2,1H3. The van der Waals surface area contributed by atoms with Crippen LogP contribution in [-0.2, 0) is 13.0 Å². The Hall–Kier alpha value is -2.82. The van der Waals surface area contributed by atoms with E-state index in [2.05, 4.69) is 11.1 Å². The molecule has 5 heteroatoms. The molecule has 5 nitrogen and oxygen atoms in total. The second kappa shape index (κ2) is 6.00. The molecule has 0 N–H and O–H groups in total. The predicted octanol–water partition coefficient (Wildman–Crippen LogP) is 3.43. The van der Waals surface area contributed by atoms with Crippen molar-refractivity contribution >= 4 is 16.9 Å². The van der Waals surface area contributed by atoms with Crippen molar-refractivity contribution < 1.29 is 13.9 Å². The number of hydrogen-bond donors (Lipinski definition) is 0. The van der Waals surface area contributed by atoms with Crippen LogP contribution in [0.25, 0.3) is 11.0 Å². The van der Waals surface area contributed by atoms with Gasteiger partial charge >= 0.3 is 0 Å². The minimum absolute atomic E-state index is 0.0503. The number of aryl methyl sites for hydroxylation is 1. The SMILES string of the molecule is COc1ccc2c(c1)CCCN(C(=O)c1nccc3occc13)C2. The fourth-order valence-electron chi connectivity index (χ4n) is 3.25. The number of pyridine rings is 1. The number of ether oxygens (including phenoxy) is 1. The summed E-state index contributed by atoms with van der Waals surface area (Å²) in [6.45, 7) is 1.31. The van der Waals surface area contributed by atoms with Gasteiger partial charge in [-0.05, 0) is 48.2 Å². The molecular weight excluding hydrogens is 304 g/mol. The summed E-state index contributed by atoms with van der Waals surface area (Å²) < 4.78 is 10.7. The van der Waals surface area contributed by atoms with Crippen molar-refractivity contribution in [3.8, 4) is 5.75 Å². The van der Waals surface area contributed by atoms with Crippen LogP contribution in [0.3, 0.4) is 0 Å². The van der Waals surface area contributed by atoms with Gasteiger partial charge < -0.3 is 14.1 Å². The fraction of sp³-hybridized carbons (Fsp3) is 0.263. The number of methoxy groups -OCH3 is 1. The molecule has 1 aliphatic heterocycles. The van der Waals surface area contributed by atoms with E-state index >= 15 is 0 Å². The van der Waals surface area contributed by atoms with Gasteiger partial charge in [0, 0.05) is 19.3 Å². The number of nitrogens with zero attached hydrogens (tertiary/aromatic N) is 2. The lowest BCUT2D eigenvalue weighted by Gasteiger charge is -2.20. The molecule has 0 spiro atoms. The molecule has 0 atom stereocenters. The maximum atomic E-state index is 13.0. The molecule has 122 valence electrons. The van der Waals surface area contributed by atoms with Crippen molar-refractivity contribution in [2.24, 2.45) is 0 Å². The normalized spacial score (nSPS) is 14.3. The Bertz CT molecular complexity index is 901. The summed E-state index contributed by atoms with van der Waals surface area (Å²) in [6.07, 6.45) is 5.08. The van der Waals surface area contributed by atoms with Crippen LogP contribution in [0.2, 0.25) is 0 Å². The van der Waals surface area contributed by atoms with E-state index in [4.69, 9.17) is 9.15 Å². The Labute approximate surface area is 139 Å². The van der Waals surface area contributed by atoms with E-state index in [1.165, 1.54) is 11.1 Å². The summed E-state index contributed by atoms with van der Waals surface area (Å²) >= 11 is 0. The van der Waals surface area contributed by atoms with E-state index in [1.807, 2.05) is 17.0 Å². The number of fused-ring (bicyclic) bond motifs is 2. The van der Waals surface area contributed by atoms with Gasteiger partial charge in [0.05, 0.1) is 18.8 Å². The number of benzene rings is 1. The van der Waals surface area contributed by atoms with E-state index in [1.54, 1.807) is 31.7 Å². The Morgan fingerprint density at radius 2 is 2.17 bits per heavy atom. The van der Waals surface area contributed by atoms with Crippen LogP contribution in [0, 0.1) is 0 Å². The fourth-order valence-corrected chi connectivity index (χ4v) is 3.25. The first-order chi connectivity index (χ1) is 11.8. The third kappa shape index (κ3) is 2.52. The van der Waals surface area contributed by atoms with Crippen molar-refractivity contribution in [3.05, 3.63) is 59.6 Å². The number of rotatable bonds is 2. The summed E-state index contributed by atoms with van der Waals surface area (Å²) in [7, 11) is 1.67. The molecule has 0 saturated carbocycles. The van der Waals surface area contributed by atoms with E-state index in [-0.39, 0.29) is 5.91 Å². The van der Waals surface area contributed by atoms with Gasteiger partial charge in [0.2, 0.25) is 0 Å². The second-order valence-corrected chi connectivity index (χ2v) is 5.96. The summed E-state index contributed by atoms with van der Waals surface area (Å²) in [5.74, 6) is 0.809. The minimum atomic E-state index is -0.0503. The molecule has 1 amide bonds. The van der Waals surface area contributed by atoms with Crippen LogP contribution in [0.5, 0.6) is 5.75 Å². The van der Waals surface area contributed by atoms with Crippen molar-refractivity contribution in [2.45, 2.75) is 19.4 Å². The third-order valence-corrected chi connectivity index (χ3v) is 4.52. The minimum Gasteiger partial charge on any atom is -0.497 e. The molecule has 24 heavy (non-hydrogen) atoms. The molecular formula is C19H18N2O3. The van der Waals surface area contributed by atoms with Crippen LogP contribution < -0.4 is 4.74 Å². The summed E-state index contributed by atoms with van der Waals surface area (Å²) in [5.41, 5.74) is 3.56. The van der Waals surface area contributed by atoms with Gasteiger partial charge in [-0.15, -0.1) is 0 Å². The molecule has 4 rings (SSSR count). The Morgan fingerprint density at radius 3 is 3.04 bits per heavy atom. The zero-order valence-electron chi connectivity index (χ0n) is 13.5. The van der Waals surface area contributed by atoms with E-state index in [0.29, 0.717) is 24.4 Å². The zero-order valence-corrected chi connectivity index (χ0v) is 13.5. The average Bonchev–Trinajstić information content (AvgIpc) is 3.00. The largest absolute Gasteiger partial charge is 0.497 e. The molecule has 3 heterocycles. The highest BCUT2D eigenvalue weighted by Gasteiger charge is 2.23. The maximum Gasteiger partial charge on any atom is 0.273 e. The van der Waals surface area contributed by atoms with Crippen LogP contribution in [-0.4, -0.2) is 29.4 Å². The molecule has 0 saturated heterocycles. The summed E-state index contributed by atoms with van der Waals surface area (Å²) in [5, 5.41) is 0.765. The summed E-state index contributed by atoms with van der Waals surface area (Å²) in [4.78, 5) is 19.2. The van der Waals surface area contributed by atoms with Crippen LogP contribution >= 0.6 is 0 Å². The third-order valence-electron chi connectivity index (χ3n) is 4.52.